The lowest BCUT2D eigenvalue weighted by molar-refractivity contribution is -0.000838. The highest BCUT2D eigenvalue weighted by Crippen LogP contribution is 2.22. The number of rotatable bonds is 4. The van der Waals surface area contributed by atoms with E-state index in [0.717, 1.165) is 12.8 Å². The molecule has 1 amide bonds. The normalized spacial score (nSPS) is 27.2. The van der Waals surface area contributed by atoms with Crippen molar-refractivity contribution in [1.82, 2.24) is 5.32 Å². The van der Waals surface area contributed by atoms with E-state index < -0.39 is 6.09 Å². The molecule has 0 aromatic carbocycles. The molecule has 1 aliphatic rings. The second-order valence-electron chi connectivity index (χ2n) is 3.14. The van der Waals surface area contributed by atoms with E-state index in [2.05, 4.69) is 5.32 Å². The van der Waals surface area contributed by atoms with Crippen LogP contribution in [0, 0.1) is 0 Å². The Hall–Kier alpha value is -1.03. The minimum Gasteiger partial charge on any atom is -0.465 e. The molecule has 0 unspecified atom stereocenters. The van der Waals surface area contributed by atoms with E-state index in [4.69, 9.17) is 9.84 Å². The first kappa shape index (κ1) is 10.1. The highest BCUT2D eigenvalue weighted by atomic mass is 16.5. The zero-order chi connectivity index (χ0) is 9.68. The van der Waals surface area contributed by atoms with Gasteiger partial charge in [0.15, 0.2) is 0 Å². The summed E-state index contributed by atoms with van der Waals surface area (Å²) in [7, 11) is 0. The molecule has 2 N–H and O–H groups in total. The van der Waals surface area contributed by atoms with Crippen molar-refractivity contribution >= 4 is 6.09 Å². The van der Waals surface area contributed by atoms with Crippen LogP contribution in [0.3, 0.4) is 0 Å². The van der Waals surface area contributed by atoms with Crippen LogP contribution in [0.15, 0.2) is 12.2 Å². The number of ether oxygens (including phenoxy) is 1. The molecule has 0 aromatic rings. The van der Waals surface area contributed by atoms with Crippen LogP contribution in [-0.2, 0) is 4.74 Å². The smallest absolute Gasteiger partial charge is 0.404 e. The van der Waals surface area contributed by atoms with Crippen LogP contribution in [0.4, 0.5) is 4.79 Å². The first-order valence-electron chi connectivity index (χ1n) is 4.44. The Labute approximate surface area is 77.6 Å². The van der Waals surface area contributed by atoms with Gasteiger partial charge >= 0.3 is 6.09 Å². The molecule has 1 aliphatic carbocycles. The van der Waals surface area contributed by atoms with Crippen molar-refractivity contribution in [1.29, 1.82) is 0 Å². The average molecular weight is 185 g/mol. The Kier molecular flexibility index (Phi) is 3.76. The van der Waals surface area contributed by atoms with Crippen molar-refractivity contribution in [2.75, 3.05) is 6.61 Å². The van der Waals surface area contributed by atoms with Crippen LogP contribution in [0.1, 0.15) is 19.8 Å². The molecule has 0 spiro atoms. The van der Waals surface area contributed by atoms with Crippen molar-refractivity contribution in [2.24, 2.45) is 0 Å². The molecule has 1 fully saturated rings. The van der Waals surface area contributed by atoms with Gasteiger partial charge in [-0.3, -0.25) is 0 Å². The lowest BCUT2D eigenvalue weighted by Gasteiger charge is -2.34. The maximum absolute atomic E-state index is 10.2. The van der Waals surface area contributed by atoms with Gasteiger partial charge in [-0.15, -0.1) is 0 Å². The number of hydrogen-bond acceptors (Lipinski definition) is 2. The molecular formula is C9H15NO3. The van der Waals surface area contributed by atoms with Crippen molar-refractivity contribution in [3.05, 3.63) is 12.2 Å². The van der Waals surface area contributed by atoms with Crippen LogP contribution in [0.25, 0.3) is 0 Å². The van der Waals surface area contributed by atoms with E-state index in [1.807, 2.05) is 19.1 Å². The molecule has 0 radical (unpaired) electrons. The minimum atomic E-state index is -0.947. The molecule has 1 saturated carbocycles. The Morgan fingerprint density at radius 1 is 1.69 bits per heavy atom. The van der Waals surface area contributed by atoms with Crippen molar-refractivity contribution in [3.63, 3.8) is 0 Å². The summed E-state index contributed by atoms with van der Waals surface area (Å²) >= 11 is 0. The maximum Gasteiger partial charge on any atom is 0.404 e. The summed E-state index contributed by atoms with van der Waals surface area (Å²) in [6.45, 7) is 2.57. The summed E-state index contributed by atoms with van der Waals surface area (Å²) in [6.07, 6.45) is 4.75. The van der Waals surface area contributed by atoms with Crippen molar-refractivity contribution in [3.8, 4) is 0 Å². The summed E-state index contributed by atoms with van der Waals surface area (Å²) in [5.74, 6) is 0. The molecule has 13 heavy (non-hydrogen) atoms. The molecule has 0 aliphatic heterocycles. The van der Waals surface area contributed by atoms with Gasteiger partial charge in [0.25, 0.3) is 0 Å². The summed E-state index contributed by atoms with van der Waals surface area (Å²) < 4.78 is 5.41. The molecule has 4 nitrogen and oxygen atoms in total. The van der Waals surface area contributed by atoms with Crippen LogP contribution < -0.4 is 5.32 Å². The lowest BCUT2D eigenvalue weighted by Crippen LogP contribution is -2.47. The van der Waals surface area contributed by atoms with Gasteiger partial charge in [-0.2, -0.15) is 0 Å². The number of amides is 1. The highest BCUT2D eigenvalue weighted by molar-refractivity contribution is 5.65. The third kappa shape index (κ3) is 3.46. The Morgan fingerprint density at radius 2 is 2.38 bits per heavy atom. The Bertz CT molecular complexity index is 197. The first-order valence-corrected chi connectivity index (χ1v) is 4.44. The number of allylic oxidation sites excluding steroid dienone is 1. The fraction of sp³-hybridized carbons (Fsp3) is 0.667. The second kappa shape index (κ2) is 4.87. The Morgan fingerprint density at radius 3 is 2.92 bits per heavy atom. The van der Waals surface area contributed by atoms with Gasteiger partial charge in [0.1, 0.15) is 0 Å². The molecule has 0 atom stereocenters. The molecular weight excluding hydrogens is 170 g/mol. The van der Waals surface area contributed by atoms with Gasteiger partial charge in [-0.1, -0.05) is 12.2 Å². The SMILES string of the molecule is CC=CCOC1CC(NC(=O)O)C1. The molecule has 4 heteroatoms. The van der Waals surface area contributed by atoms with Gasteiger partial charge in [0, 0.05) is 6.04 Å². The van der Waals surface area contributed by atoms with Crippen LogP contribution in [0.2, 0.25) is 0 Å². The van der Waals surface area contributed by atoms with E-state index in [9.17, 15) is 4.79 Å². The third-order valence-corrected chi connectivity index (χ3v) is 2.09. The number of carboxylic acid groups (broad SMARTS) is 1. The highest BCUT2D eigenvalue weighted by Gasteiger charge is 2.30. The van der Waals surface area contributed by atoms with Crippen molar-refractivity contribution < 1.29 is 14.6 Å². The molecule has 74 valence electrons. The number of carbonyl (C=O) groups is 1. The topological polar surface area (TPSA) is 58.6 Å². The monoisotopic (exact) mass is 185 g/mol. The predicted octanol–water partition coefficient (Wildman–Crippen LogP) is 1.38. The Balaban J connectivity index is 2.01. The van der Waals surface area contributed by atoms with Crippen LogP contribution in [0.5, 0.6) is 0 Å². The van der Waals surface area contributed by atoms with E-state index in [1.165, 1.54) is 0 Å². The quantitative estimate of drug-likeness (QED) is 0.650. The minimum absolute atomic E-state index is 0.0908. The molecule has 0 bridgehead atoms. The van der Waals surface area contributed by atoms with Gasteiger partial charge in [-0.05, 0) is 19.8 Å². The second-order valence-corrected chi connectivity index (χ2v) is 3.14. The predicted molar refractivity (Wildman–Crippen MR) is 48.7 cm³/mol. The largest absolute Gasteiger partial charge is 0.465 e. The van der Waals surface area contributed by atoms with E-state index in [1.54, 1.807) is 0 Å². The van der Waals surface area contributed by atoms with E-state index in [0.29, 0.717) is 6.61 Å². The third-order valence-electron chi connectivity index (χ3n) is 2.09. The standard InChI is InChI=1S/C9H15NO3/c1-2-3-4-13-8-5-7(6-8)10-9(11)12/h2-3,7-8,10H,4-6H2,1H3,(H,11,12). The van der Waals surface area contributed by atoms with E-state index >= 15 is 0 Å². The molecule has 1 rings (SSSR count). The maximum atomic E-state index is 10.2. The molecule has 0 aromatic heterocycles. The van der Waals surface area contributed by atoms with Gasteiger partial charge < -0.3 is 15.2 Å². The van der Waals surface area contributed by atoms with Gasteiger partial charge in [0.2, 0.25) is 0 Å². The fourth-order valence-corrected chi connectivity index (χ4v) is 1.28. The van der Waals surface area contributed by atoms with Crippen LogP contribution >= 0.6 is 0 Å². The zero-order valence-corrected chi connectivity index (χ0v) is 7.69. The fourth-order valence-electron chi connectivity index (χ4n) is 1.28. The summed E-state index contributed by atoms with van der Waals surface area (Å²) in [6, 6.07) is 0.0908. The van der Waals surface area contributed by atoms with Gasteiger partial charge in [-0.25, -0.2) is 4.79 Å². The summed E-state index contributed by atoms with van der Waals surface area (Å²) in [5, 5.41) is 10.8. The number of hydrogen-bond donors (Lipinski definition) is 2. The molecule has 0 saturated heterocycles. The summed E-state index contributed by atoms with van der Waals surface area (Å²) in [4.78, 5) is 10.2. The number of nitrogens with one attached hydrogen (secondary N) is 1. The van der Waals surface area contributed by atoms with Gasteiger partial charge in [0.05, 0.1) is 12.7 Å². The average Bonchev–Trinajstić information content (AvgIpc) is 1.99. The lowest BCUT2D eigenvalue weighted by atomic mass is 9.89. The van der Waals surface area contributed by atoms with Crippen molar-refractivity contribution in [2.45, 2.75) is 31.9 Å². The van der Waals surface area contributed by atoms with Crippen LogP contribution in [-0.4, -0.2) is 30.0 Å². The molecule has 0 heterocycles. The first-order chi connectivity index (χ1) is 6.22. The zero-order valence-electron chi connectivity index (χ0n) is 7.69. The van der Waals surface area contributed by atoms with E-state index in [-0.39, 0.29) is 12.1 Å². The summed E-state index contributed by atoms with van der Waals surface area (Å²) in [5.41, 5.74) is 0.